The van der Waals surface area contributed by atoms with Crippen molar-refractivity contribution in [3.05, 3.63) is 23.8 Å². The van der Waals surface area contributed by atoms with Crippen molar-refractivity contribution >= 4 is 28.3 Å². The van der Waals surface area contributed by atoms with Crippen LogP contribution >= 0.6 is 12.4 Å². The summed E-state index contributed by atoms with van der Waals surface area (Å²) in [6.45, 7) is 5.04. The van der Waals surface area contributed by atoms with E-state index in [2.05, 4.69) is 17.6 Å². The molecule has 2 saturated heterocycles. The zero-order valence-electron chi connectivity index (χ0n) is 16.1. The number of piperidine rings is 1. The molecule has 2 heterocycles. The zero-order valence-corrected chi connectivity index (χ0v) is 17.8. The number of nitrogens with zero attached hydrogens (tertiary/aromatic N) is 1. The maximum absolute atomic E-state index is 13.0. The molecule has 3 rings (SSSR count). The summed E-state index contributed by atoms with van der Waals surface area (Å²) in [4.78, 5) is 12.7. The second kappa shape index (κ2) is 9.89. The summed E-state index contributed by atoms with van der Waals surface area (Å²) in [6.07, 6.45) is 0.990. The van der Waals surface area contributed by atoms with Crippen LogP contribution in [0.4, 0.5) is 0 Å². The highest BCUT2D eigenvalue weighted by atomic mass is 35.5. The van der Waals surface area contributed by atoms with Gasteiger partial charge in [-0.15, -0.1) is 12.4 Å². The summed E-state index contributed by atoms with van der Waals surface area (Å²) in [5, 5.41) is 6.28. The Morgan fingerprint density at radius 3 is 2.68 bits per heavy atom. The monoisotopic (exact) mass is 433 g/mol. The molecule has 0 saturated carbocycles. The fourth-order valence-corrected chi connectivity index (χ4v) is 4.97. The van der Waals surface area contributed by atoms with E-state index in [4.69, 9.17) is 9.47 Å². The number of nitrogens with one attached hydrogen (secondary N) is 2. The standard InChI is InChI=1S/C18H27N3O5S.ClH/c1-13-5-6-19-12-15(13)20-18(22)14-3-4-16(25-2)17(11-14)27(23,24)21-7-9-26-10-8-21;/h3-4,11,13,15,19H,5-10,12H2,1-2H3,(H,20,22);1H. The van der Waals surface area contributed by atoms with E-state index in [1.807, 2.05) is 0 Å². The number of rotatable bonds is 5. The van der Waals surface area contributed by atoms with Crippen LogP contribution < -0.4 is 15.4 Å². The van der Waals surface area contributed by atoms with E-state index in [1.165, 1.54) is 23.5 Å². The minimum absolute atomic E-state index is 0. The van der Waals surface area contributed by atoms with E-state index in [0.717, 1.165) is 13.0 Å². The van der Waals surface area contributed by atoms with Crippen molar-refractivity contribution in [2.24, 2.45) is 5.92 Å². The Morgan fingerprint density at radius 2 is 2.04 bits per heavy atom. The SMILES string of the molecule is COc1ccc(C(=O)NC2CNCCC2C)cc1S(=O)(=O)N1CCOCC1.Cl. The topological polar surface area (TPSA) is 97.0 Å². The molecule has 2 unspecified atom stereocenters. The summed E-state index contributed by atoms with van der Waals surface area (Å²) in [6, 6.07) is 4.55. The highest BCUT2D eigenvalue weighted by molar-refractivity contribution is 7.89. The van der Waals surface area contributed by atoms with Crippen LogP contribution in [0, 0.1) is 5.92 Å². The maximum atomic E-state index is 13.0. The van der Waals surface area contributed by atoms with Gasteiger partial charge in [-0.3, -0.25) is 4.79 Å². The molecule has 2 aliphatic rings. The lowest BCUT2D eigenvalue weighted by Gasteiger charge is -2.30. The first-order valence-electron chi connectivity index (χ1n) is 9.21. The number of benzene rings is 1. The molecule has 1 amide bonds. The molecule has 0 aromatic heterocycles. The van der Waals surface area contributed by atoms with Crippen LogP contribution in [0.15, 0.2) is 23.1 Å². The van der Waals surface area contributed by atoms with Crippen molar-refractivity contribution in [3.63, 3.8) is 0 Å². The van der Waals surface area contributed by atoms with Gasteiger partial charge in [0.15, 0.2) is 0 Å². The van der Waals surface area contributed by atoms with Crippen LogP contribution in [0.3, 0.4) is 0 Å². The van der Waals surface area contributed by atoms with Crippen LogP contribution in [-0.2, 0) is 14.8 Å². The Balaban J connectivity index is 0.00000280. The highest BCUT2D eigenvalue weighted by Crippen LogP contribution is 2.28. The number of carbonyl (C=O) groups excluding carboxylic acids is 1. The first-order chi connectivity index (χ1) is 12.9. The molecule has 158 valence electrons. The molecule has 1 aromatic rings. The summed E-state index contributed by atoms with van der Waals surface area (Å²) >= 11 is 0. The second-order valence-electron chi connectivity index (χ2n) is 6.93. The van der Waals surface area contributed by atoms with E-state index in [9.17, 15) is 13.2 Å². The molecule has 1 aromatic carbocycles. The molecule has 0 bridgehead atoms. The number of methoxy groups -OCH3 is 1. The number of hydrogen-bond donors (Lipinski definition) is 2. The van der Waals surface area contributed by atoms with Crippen molar-refractivity contribution in [3.8, 4) is 5.75 Å². The minimum atomic E-state index is -3.77. The number of morpholine rings is 1. The number of carbonyl (C=O) groups is 1. The van der Waals surface area contributed by atoms with Gasteiger partial charge in [0.2, 0.25) is 10.0 Å². The lowest BCUT2D eigenvalue weighted by Crippen LogP contribution is -2.50. The Kier molecular flexibility index (Phi) is 8.08. The van der Waals surface area contributed by atoms with E-state index in [1.54, 1.807) is 6.07 Å². The van der Waals surface area contributed by atoms with Crippen LogP contribution in [0.1, 0.15) is 23.7 Å². The van der Waals surface area contributed by atoms with Crippen LogP contribution in [-0.4, -0.2) is 71.2 Å². The van der Waals surface area contributed by atoms with Crippen molar-refractivity contribution in [2.45, 2.75) is 24.3 Å². The van der Waals surface area contributed by atoms with Gasteiger partial charge in [-0.1, -0.05) is 6.92 Å². The first kappa shape index (κ1) is 22.9. The Bertz CT molecular complexity index is 783. The van der Waals surface area contributed by atoms with Crippen LogP contribution in [0.5, 0.6) is 5.75 Å². The molecule has 0 radical (unpaired) electrons. The normalized spacial score (nSPS) is 23.5. The third-order valence-corrected chi connectivity index (χ3v) is 7.08. The summed E-state index contributed by atoms with van der Waals surface area (Å²) in [5.41, 5.74) is 0.306. The number of halogens is 1. The van der Waals surface area contributed by atoms with Crippen LogP contribution in [0.25, 0.3) is 0 Å². The average Bonchev–Trinajstić information content (AvgIpc) is 2.69. The van der Waals surface area contributed by atoms with Gasteiger partial charge in [0.25, 0.3) is 5.91 Å². The van der Waals surface area contributed by atoms with Gasteiger partial charge < -0.3 is 20.1 Å². The van der Waals surface area contributed by atoms with Crippen molar-refractivity contribution in [1.82, 2.24) is 14.9 Å². The third kappa shape index (κ3) is 4.96. The predicted molar refractivity (Wildman–Crippen MR) is 108 cm³/mol. The van der Waals surface area contributed by atoms with Crippen LogP contribution in [0.2, 0.25) is 0 Å². The first-order valence-corrected chi connectivity index (χ1v) is 10.6. The van der Waals surface area contributed by atoms with E-state index in [0.29, 0.717) is 31.2 Å². The van der Waals surface area contributed by atoms with E-state index >= 15 is 0 Å². The molecule has 0 aliphatic carbocycles. The number of ether oxygens (including phenoxy) is 2. The smallest absolute Gasteiger partial charge is 0.251 e. The highest BCUT2D eigenvalue weighted by Gasteiger charge is 2.30. The lowest BCUT2D eigenvalue weighted by molar-refractivity contribution is 0.0729. The van der Waals surface area contributed by atoms with Crippen molar-refractivity contribution in [1.29, 1.82) is 0 Å². The third-order valence-electron chi connectivity index (χ3n) is 5.16. The molecule has 2 atom stereocenters. The summed E-state index contributed by atoms with van der Waals surface area (Å²) < 4.78 is 37.9. The molecule has 0 spiro atoms. The molecule has 2 aliphatic heterocycles. The molecule has 2 fully saturated rings. The average molecular weight is 434 g/mol. The van der Waals surface area contributed by atoms with Crippen molar-refractivity contribution in [2.75, 3.05) is 46.5 Å². The molecule has 28 heavy (non-hydrogen) atoms. The molecule has 2 N–H and O–H groups in total. The van der Waals surface area contributed by atoms with Gasteiger partial charge >= 0.3 is 0 Å². The van der Waals surface area contributed by atoms with Gasteiger partial charge in [0, 0.05) is 31.2 Å². The van der Waals surface area contributed by atoms with Gasteiger partial charge in [-0.2, -0.15) is 4.31 Å². The molecule has 10 heteroatoms. The Morgan fingerprint density at radius 1 is 1.32 bits per heavy atom. The lowest BCUT2D eigenvalue weighted by atomic mass is 9.94. The van der Waals surface area contributed by atoms with E-state index in [-0.39, 0.29) is 48.1 Å². The predicted octanol–water partition coefficient (Wildman–Crippen LogP) is 0.866. The summed E-state index contributed by atoms with van der Waals surface area (Å²) in [5.74, 6) is 0.312. The van der Waals surface area contributed by atoms with Gasteiger partial charge in [-0.25, -0.2) is 8.42 Å². The fraction of sp³-hybridized carbons (Fsp3) is 0.611. The minimum Gasteiger partial charge on any atom is -0.495 e. The second-order valence-corrected chi connectivity index (χ2v) is 8.84. The van der Waals surface area contributed by atoms with Gasteiger partial charge in [0.05, 0.1) is 20.3 Å². The zero-order chi connectivity index (χ0) is 19.4. The number of hydrogen-bond acceptors (Lipinski definition) is 6. The Hall–Kier alpha value is -1.39. The Labute approximate surface area is 172 Å². The number of sulfonamides is 1. The largest absolute Gasteiger partial charge is 0.495 e. The number of amides is 1. The van der Waals surface area contributed by atoms with E-state index < -0.39 is 10.0 Å². The molecule has 8 nitrogen and oxygen atoms in total. The van der Waals surface area contributed by atoms with Gasteiger partial charge in [-0.05, 0) is 37.1 Å². The van der Waals surface area contributed by atoms with Crippen molar-refractivity contribution < 1.29 is 22.7 Å². The summed E-state index contributed by atoms with van der Waals surface area (Å²) in [7, 11) is -2.35. The van der Waals surface area contributed by atoms with Gasteiger partial charge in [0.1, 0.15) is 10.6 Å². The molecular weight excluding hydrogens is 406 g/mol. The fourth-order valence-electron chi connectivity index (χ4n) is 3.38. The molecular formula is C18H28ClN3O5S. The maximum Gasteiger partial charge on any atom is 0.251 e. The quantitative estimate of drug-likeness (QED) is 0.715.